The van der Waals surface area contributed by atoms with Gasteiger partial charge in [-0.2, -0.15) is 0 Å². The van der Waals surface area contributed by atoms with Crippen LogP contribution in [0.2, 0.25) is 0 Å². The summed E-state index contributed by atoms with van der Waals surface area (Å²) in [5.74, 6) is 1.83. The molecule has 0 aromatic heterocycles. The van der Waals surface area contributed by atoms with Crippen LogP contribution in [0, 0.1) is 6.92 Å². The number of para-hydroxylation sites is 2. The van der Waals surface area contributed by atoms with Gasteiger partial charge in [-0.1, -0.05) is 54.1 Å². The number of hydrogen-bond acceptors (Lipinski definition) is 4. The van der Waals surface area contributed by atoms with Crippen LogP contribution in [-0.2, 0) is 0 Å². The molecule has 4 heteroatoms. The van der Waals surface area contributed by atoms with E-state index in [9.17, 15) is 0 Å². The topological polar surface area (TPSA) is 30.9 Å². The molecular formula is C19H17NO3. The highest BCUT2D eigenvalue weighted by Crippen LogP contribution is 2.18. The fourth-order valence-corrected chi connectivity index (χ4v) is 1.88. The largest absolute Gasteiger partial charge is 0.339 e. The van der Waals surface area contributed by atoms with Gasteiger partial charge in [-0.3, -0.25) is 0 Å². The van der Waals surface area contributed by atoms with Crippen LogP contribution in [0.3, 0.4) is 0 Å². The van der Waals surface area contributed by atoms with Crippen molar-refractivity contribution in [3.8, 4) is 17.2 Å². The predicted molar refractivity (Wildman–Crippen MR) is 87.8 cm³/mol. The van der Waals surface area contributed by atoms with Crippen molar-refractivity contribution < 1.29 is 14.5 Å². The molecule has 3 aromatic carbocycles. The monoisotopic (exact) mass is 307 g/mol. The molecule has 0 heterocycles. The lowest BCUT2D eigenvalue weighted by Crippen LogP contribution is -2.34. The Labute approximate surface area is 135 Å². The molecule has 0 radical (unpaired) electrons. The van der Waals surface area contributed by atoms with E-state index in [1.165, 1.54) is 0 Å². The Morgan fingerprint density at radius 1 is 0.522 bits per heavy atom. The maximum absolute atomic E-state index is 5.67. The second-order valence-corrected chi connectivity index (χ2v) is 4.94. The molecule has 116 valence electrons. The summed E-state index contributed by atoms with van der Waals surface area (Å²) in [7, 11) is 0. The van der Waals surface area contributed by atoms with E-state index in [1.54, 1.807) is 0 Å². The third-order valence-corrected chi connectivity index (χ3v) is 3.05. The summed E-state index contributed by atoms with van der Waals surface area (Å²) in [5, 5.41) is 0.995. The van der Waals surface area contributed by atoms with Gasteiger partial charge in [0.25, 0.3) is 0 Å². The zero-order valence-electron chi connectivity index (χ0n) is 12.8. The van der Waals surface area contributed by atoms with Gasteiger partial charge in [-0.25, -0.2) is 0 Å². The van der Waals surface area contributed by atoms with E-state index in [-0.39, 0.29) is 0 Å². The Hall–Kier alpha value is -2.98. The fourth-order valence-electron chi connectivity index (χ4n) is 1.88. The van der Waals surface area contributed by atoms with Crippen LogP contribution in [0.5, 0.6) is 17.2 Å². The van der Waals surface area contributed by atoms with E-state index in [0.29, 0.717) is 17.2 Å². The highest BCUT2D eigenvalue weighted by atomic mass is 17.2. The molecule has 0 aliphatic rings. The number of benzene rings is 3. The molecule has 23 heavy (non-hydrogen) atoms. The van der Waals surface area contributed by atoms with E-state index in [4.69, 9.17) is 14.5 Å². The first kappa shape index (κ1) is 14.9. The quantitative estimate of drug-likeness (QED) is 0.624. The highest BCUT2D eigenvalue weighted by Gasteiger charge is 2.13. The zero-order chi connectivity index (χ0) is 15.9. The third kappa shape index (κ3) is 4.49. The molecule has 0 fully saturated rings. The molecule has 0 spiro atoms. The lowest BCUT2D eigenvalue weighted by Gasteiger charge is -2.20. The lowest BCUT2D eigenvalue weighted by atomic mass is 10.2. The molecule has 0 aliphatic heterocycles. The van der Waals surface area contributed by atoms with Crippen molar-refractivity contribution in [3.63, 3.8) is 0 Å². The Morgan fingerprint density at radius 3 is 1.35 bits per heavy atom. The Kier molecular flexibility index (Phi) is 4.76. The second kappa shape index (κ2) is 7.33. The SMILES string of the molecule is Cc1ccc(ON(Oc2ccccc2)Oc2ccccc2)cc1. The number of rotatable bonds is 6. The summed E-state index contributed by atoms with van der Waals surface area (Å²) in [6.45, 7) is 2.02. The number of hydrogen-bond donors (Lipinski definition) is 0. The first-order chi connectivity index (χ1) is 11.3. The lowest BCUT2D eigenvalue weighted by molar-refractivity contribution is -0.408. The minimum Gasteiger partial charge on any atom is -0.339 e. The van der Waals surface area contributed by atoms with Crippen molar-refractivity contribution in [2.24, 2.45) is 0 Å². The summed E-state index contributed by atoms with van der Waals surface area (Å²) in [4.78, 5) is 16.9. The summed E-state index contributed by atoms with van der Waals surface area (Å²) in [6.07, 6.45) is 0. The molecule has 0 aliphatic carbocycles. The summed E-state index contributed by atoms with van der Waals surface area (Å²) < 4.78 is 0. The maximum atomic E-state index is 5.67. The highest BCUT2D eigenvalue weighted by molar-refractivity contribution is 5.26. The van der Waals surface area contributed by atoms with Crippen LogP contribution in [0.4, 0.5) is 0 Å². The molecule has 0 saturated carbocycles. The van der Waals surface area contributed by atoms with Crippen LogP contribution in [0.25, 0.3) is 0 Å². The van der Waals surface area contributed by atoms with Crippen molar-refractivity contribution in [2.45, 2.75) is 6.92 Å². The van der Waals surface area contributed by atoms with Gasteiger partial charge in [0, 0.05) is 0 Å². The average molecular weight is 307 g/mol. The summed E-state index contributed by atoms with van der Waals surface area (Å²) >= 11 is 0. The van der Waals surface area contributed by atoms with E-state index in [2.05, 4.69) is 0 Å². The molecule has 0 unspecified atom stereocenters. The molecule has 0 saturated heterocycles. The van der Waals surface area contributed by atoms with Crippen LogP contribution in [0.1, 0.15) is 5.56 Å². The van der Waals surface area contributed by atoms with Crippen molar-refractivity contribution >= 4 is 0 Å². The Balaban J connectivity index is 1.76. The van der Waals surface area contributed by atoms with Crippen LogP contribution < -0.4 is 14.5 Å². The molecule has 3 aromatic rings. The normalized spacial score (nSPS) is 10.3. The summed E-state index contributed by atoms with van der Waals surface area (Å²) in [5.41, 5.74) is 1.15. The molecule has 0 N–H and O–H groups in total. The van der Waals surface area contributed by atoms with Crippen molar-refractivity contribution in [2.75, 3.05) is 0 Å². The zero-order valence-corrected chi connectivity index (χ0v) is 12.8. The van der Waals surface area contributed by atoms with Crippen molar-refractivity contribution in [1.82, 2.24) is 5.39 Å². The van der Waals surface area contributed by atoms with Crippen molar-refractivity contribution in [3.05, 3.63) is 90.5 Å². The van der Waals surface area contributed by atoms with Gasteiger partial charge in [0.05, 0.1) is 0 Å². The van der Waals surface area contributed by atoms with E-state index in [1.807, 2.05) is 91.9 Å². The first-order valence-corrected chi connectivity index (χ1v) is 7.30. The van der Waals surface area contributed by atoms with Gasteiger partial charge in [0.1, 0.15) is 0 Å². The predicted octanol–water partition coefficient (Wildman–Crippen LogP) is 4.58. The smallest absolute Gasteiger partial charge is 0.234 e. The molecular weight excluding hydrogens is 290 g/mol. The maximum Gasteiger partial charge on any atom is 0.234 e. The van der Waals surface area contributed by atoms with Gasteiger partial charge < -0.3 is 14.5 Å². The van der Waals surface area contributed by atoms with Gasteiger partial charge >= 0.3 is 0 Å². The Morgan fingerprint density at radius 2 is 0.913 bits per heavy atom. The summed E-state index contributed by atoms with van der Waals surface area (Å²) in [6, 6.07) is 26.2. The molecule has 3 rings (SSSR count). The van der Waals surface area contributed by atoms with E-state index >= 15 is 0 Å². The minimum absolute atomic E-state index is 0.607. The van der Waals surface area contributed by atoms with Gasteiger partial charge in [0.2, 0.25) is 5.39 Å². The first-order valence-electron chi connectivity index (χ1n) is 7.30. The van der Waals surface area contributed by atoms with E-state index < -0.39 is 0 Å². The van der Waals surface area contributed by atoms with Gasteiger partial charge in [0.15, 0.2) is 17.2 Å². The second-order valence-electron chi connectivity index (χ2n) is 4.94. The average Bonchev–Trinajstić information content (AvgIpc) is 2.59. The van der Waals surface area contributed by atoms with Crippen LogP contribution in [-0.4, -0.2) is 5.39 Å². The standard InChI is InChI=1S/C19H17NO3/c1-16-12-14-19(15-13-16)23-20(21-17-8-4-2-5-9-17)22-18-10-6-3-7-11-18/h2-15H,1H3. The molecule has 0 atom stereocenters. The van der Waals surface area contributed by atoms with Crippen LogP contribution in [0.15, 0.2) is 84.9 Å². The van der Waals surface area contributed by atoms with Crippen molar-refractivity contribution in [1.29, 1.82) is 0 Å². The van der Waals surface area contributed by atoms with E-state index in [0.717, 1.165) is 11.0 Å². The Bertz CT molecular complexity index is 673. The minimum atomic E-state index is 0.607. The van der Waals surface area contributed by atoms with Crippen LogP contribution >= 0.6 is 0 Å². The van der Waals surface area contributed by atoms with Gasteiger partial charge in [-0.15, -0.1) is 0 Å². The van der Waals surface area contributed by atoms with Gasteiger partial charge in [-0.05, 0) is 43.3 Å². The number of nitrogens with zero attached hydrogens (tertiary/aromatic N) is 1. The molecule has 0 bridgehead atoms. The fraction of sp³-hybridized carbons (Fsp3) is 0.0526. The molecule has 0 amide bonds. The number of aryl methyl sites for hydroxylation is 1. The third-order valence-electron chi connectivity index (χ3n) is 3.05. The molecule has 4 nitrogen and oxygen atoms in total.